The smallest absolute Gasteiger partial charge is 0.256 e. The Bertz CT molecular complexity index is 525. The van der Waals surface area contributed by atoms with E-state index in [1.54, 1.807) is 6.07 Å². The summed E-state index contributed by atoms with van der Waals surface area (Å²) in [5.74, 6) is 0.539. The topological polar surface area (TPSA) is 60.5 Å². The Hall–Kier alpha value is -1.62. The molecule has 0 spiro atoms. The summed E-state index contributed by atoms with van der Waals surface area (Å²) in [5.41, 5.74) is 0.800. The third-order valence-electron chi connectivity index (χ3n) is 4.26. The van der Waals surface area contributed by atoms with Crippen molar-refractivity contribution in [2.45, 2.75) is 64.9 Å². The number of rotatable bonds is 7. The Morgan fingerprint density at radius 1 is 1.26 bits per heavy atom. The van der Waals surface area contributed by atoms with Crippen LogP contribution >= 0.6 is 0 Å². The second kappa shape index (κ2) is 8.29. The van der Waals surface area contributed by atoms with E-state index in [0.717, 1.165) is 43.5 Å². The van der Waals surface area contributed by atoms with Gasteiger partial charge in [0.05, 0.1) is 18.0 Å². The number of anilines is 1. The minimum absolute atomic E-state index is 0.0419. The summed E-state index contributed by atoms with van der Waals surface area (Å²) in [6, 6.07) is 3.63. The van der Waals surface area contributed by atoms with Crippen molar-refractivity contribution in [3.63, 3.8) is 0 Å². The van der Waals surface area contributed by atoms with Gasteiger partial charge in [0.2, 0.25) is 5.88 Å². The van der Waals surface area contributed by atoms with E-state index in [9.17, 15) is 4.79 Å². The fourth-order valence-corrected chi connectivity index (χ4v) is 2.99. The zero-order valence-corrected chi connectivity index (χ0v) is 14.5. The maximum atomic E-state index is 12.9. The largest absolute Gasteiger partial charge is 0.478 e. The molecule has 128 valence electrons. The van der Waals surface area contributed by atoms with E-state index in [2.05, 4.69) is 17.2 Å². The number of carbonyl (C=O) groups excluding carboxylic acids is 1. The van der Waals surface area contributed by atoms with Crippen LogP contribution in [0.25, 0.3) is 0 Å². The highest BCUT2D eigenvalue weighted by Crippen LogP contribution is 2.33. The SMILES string of the molecule is CCCOC1(C(=O)Nc2ccc(OCC)nc2C)CCCCC1. The van der Waals surface area contributed by atoms with Gasteiger partial charge < -0.3 is 14.8 Å². The molecule has 5 heteroatoms. The summed E-state index contributed by atoms with van der Waals surface area (Å²) >= 11 is 0. The van der Waals surface area contributed by atoms with Gasteiger partial charge in [-0.25, -0.2) is 4.98 Å². The molecule has 1 fully saturated rings. The molecule has 23 heavy (non-hydrogen) atoms. The number of hydrogen-bond donors (Lipinski definition) is 1. The van der Waals surface area contributed by atoms with Crippen molar-refractivity contribution in [1.82, 2.24) is 4.98 Å². The lowest BCUT2D eigenvalue weighted by molar-refractivity contribution is -0.146. The van der Waals surface area contributed by atoms with Gasteiger partial charge in [-0.1, -0.05) is 26.2 Å². The molecule has 1 aromatic heterocycles. The molecule has 1 aliphatic carbocycles. The van der Waals surface area contributed by atoms with Crippen LogP contribution in [0.4, 0.5) is 5.69 Å². The Labute approximate surface area is 138 Å². The highest BCUT2D eigenvalue weighted by Gasteiger charge is 2.40. The summed E-state index contributed by atoms with van der Waals surface area (Å²) in [6.45, 7) is 7.05. The Kier molecular flexibility index (Phi) is 6.39. The van der Waals surface area contributed by atoms with Crippen molar-refractivity contribution in [1.29, 1.82) is 0 Å². The Morgan fingerprint density at radius 3 is 2.61 bits per heavy atom. The predicted molar refractivity (Wildman–Crippen MR) is 90.8 cm³/mol. The molecule has 1 heterocycles. The maximum absolute atomic E-state index is 12.9. The van der Waals surface area contributed by atoms with Crippen LogP contribution in [0, 0.1) is 6.92 Å². The molecule has 1 aromatic rings. The molecule has 1 N–H and O–H groups in total. The van der Waals surface area contributed by atoms with Crippen LogP contribution in [0.3, 0.4) is 0 Å². The van der Waals surface area contributed by atoms with Crippen molar-refractivity contribution in [2.24, 2.45) is 0 Å². The lowest BCUT2D eigenvalue weighted by Gasteiger charge is -2.35. The lowest BCUT2D eigenvalue weighted by atomic mass is 9.83. The highest BCUT2D eigenvalue weighted by atomic mass is 16.5. The van der Waals surface area contributed by atoms with E-state index in [1.165, 1.54) is 6.42 Å². The average Bonchev–Trinajstić information content (AvgIpc) is 2.56. The summed E-state index contributed by atoms with van der Waals surface area (Å²) in [5, 5.41) is 3.02. The van der Waals surface area contributed by atoms with Gasteiger partial charge in [-0.05, 0) is 39.2 Å². The van der Waals surface area contributed by atoms with E-state index in [1.807, 2.05) is 19.9 Å². The molecule has 0 radical (unpaired) electrons. The van der Waals surface area contributed by atoms with E-state index in [-0.39, 0.29) is 5.91 Å². The van der Waals surface area contributed by atoms with E-state index >= 15 is 0 Å². The second-order valence-corrected chi connectivity index (χ2v) is 6.07. The molecule has 5 nitrogen and oxygen atoms in total. The maximum Gasteiger partial charge on any atom is 0.256 e. The summed E-state index contributed by atoms with van der Waals surface area (Å²) in [7, 11) is 0. The zero-order chi connectivity index (χ0) is 16.7. The molecule has 1 saturated carbocycles. The minimum Gasteiger partial charge on any atom is -0.478 e. The third-order valence-corrected chi connectivity index (χ3v) is 4.26. The fraction of sp³-hybridized carbons (Fsp3) is 0.667. The standard InChI is InChI=1S/C18H28N2O3/c1-4-13-23-18(11-7-6-8-12-18)17(21)20-15-9-10-16(22-5-2)19-14(15)3/h9-10H,4-8,11-13H2,1-3H3,(H,20,21). The molecular formula is C18H28N2O3. The van der Waals surface area contributed by atoms with Crippen molar-refractivity contribution in [3.8, 4) is 5.88 Å². The second-order valence-electron chi connectivity index (χ2n) is 6.07. The summed E-state index contributed by atoms with van der Waals surface area (Å²) in [4.78, 5) is 17.2. The molecule has 0 unspecified atom stereocenters. The van der Waals surface area contributed by atoms with Gasteiger partial charge in [0, 0.05) is 12.7 Å². The van der Waals surface area contributed by atoms with Gasteiger partial charge in [0.15, 0.2) is 0 Å². The van der Waals surface area contributed by atoms with Crippen molar-refractivity contribution in [2.75, 3.05) is 18.5 Å². The molecule has 0 saturated heterocycles. The summed E-state index contributed by atoms with van der Waals surface area (Å²) < 4.78 is 11.4. The van der Waals surface area contributed by atoms with Gasteiger partial charge in [-0.15, -0.1) is 0 Å². The first-order valence-electron chi connectivity index (χ1n) is 8.67. The zero-order valence-electron chi connectivity index (χ0n) is 14.5. The van der Waals surface area contributed by atoms with Gasteiger partial charge in [-0.3, -0.25) is 4.79 Å². The number of amides is 1. The third kappa shape index (κ3) is 4.44. The van der Waals surface area contributed by atoms with E-state index in [0.29, 0.717) is 19.1 Å². The number of nitrogens with one attached hydrogen (secondary N) is 1. The van der Waals surface area contributed by atoms with Crippen molar-refractivity contribution in [3.05, 3.63) is 17.8 Å². The number of nitrogens with zero attached hydrogens (tertiary/aromatic N) is 1. The molecule has 0 bridgehead atoms. The molecule has 1 amide bonds. The fourth-order valence-electron chi connectivity index (χ4n) is 2.99. The highest BCUT2D eigenvalue weighted by molar-refractivity contribution is 5.97. The van der Waals surface area contributed by atoms with Crippen LogP contribution in [0.2, 0.25) is 0 Å². The van der Waals surface area contributed by atoms with Crippen LogP contribution in [0.5, 0.6) is 5.88 Å². The lowest BCUT2D eigenvalue weighted by Crippen LogP contribution is -2.47. The van der Waals surface area contributed by atoms with Crippen molar-refractivity contribution < 1.29 is 14.3 Å². The Balaban J connectivity index is 2.11. The molecule has 1 aliphatic rings. The molecule has 0 aliphatic heterocycles. The Morgan fingerprint density at radius 2 is 2.00 bits per heavy atom. The van der Waals surface area contributed by atoms with Gasteiger partial charge in [-0.2, -0.15) is 0 Å². The first-order chi connectivity index (χ1) is 11.1. The minimum atomic E-state index is -0.681. The van der Waals surface area contributed by atoms with Gasteiger partial charge in [0.1, 0.15) is 5.60 Å². The number of ether oxygens (including phenoxy) is 2. The van der Waals surface area contributed by atoms with Crippen molar-refractivity contribution >= 4 is 11.6 Å². The van der Waals surface area contributed by atoms with Crippen LogP contribution in [0.15, 0.2) is 12.1 Å². The quantitative estimate of drug-likeness (QED) is 0.829. The number of aryl methyl sites for hydroxylation is 1. The first kappa shape index (κ1) is 17.7. The van der Waals surface area contributed by atoms with Crippen LogP contribution < -0.4 is 10.1 Å². The van der Waals surface area contributed by atoms with Gasteiger partial charge >= 0.3 is 0 Å². The molecule has 0 atom stereocenters. The number of pyridine rings is 1. The predicted octanol–water partition coefficient (Wildman–Crippen LogP) is 3.86. The van der Waals surface area contributed by atoms with E-state index < -0.39 is 5.60 Å². The number of hydrogen-bond acceptors (Lipinski definition) is 4. The van der Waals surface area contributed by atoms with Gasteiger partial charge in [0.25, 0.3) is 5.91 Å². The van der Waals surface area contributed by atoms with Crippen LogP contribution in [0.1, 0.15) is 58.1 Å². The number of carbonyl (C=O) groups is 1. The van der Waals surface area contributed by atoms with Crippen LogP contribution in [-0.2, 0) is 9.53 Å². The normalized spacial score (nSPS) is 16.8. The summed E-state index contributed by atoms with van der Waals surface area (Å²) in [6.07, 6.45) is 5.76. The molecule has 0 aromatic carbocycles. The van der Waals surface area contributed by atoms with Crippen LogP contribution in [-0.4, -0.2) is 29.7 Å². The monoisotopic (exact) mass is 320 g/mol. The first-order valence-corrected chi connectivity index (χ1v) is 8.67. The molecular weight excluding hydrogens is 292 g/mol. The molecule has 2 rings (SSSR count). The van der Waals surface area contributed by atoms with E-state index in [4.69, 9.17) is 9.47 Å². The number of aromatic nitrogens is 1. The average molecular weight is 320 g/mol.